The second kappa shape index (κ2) is 6.72. The highest BCUT2D eigenvalue weighted by molar-refractivity contribution is 6.31. The Morgan fingerprint density at radius 1 is 1.24 bits per heavy atom. The van der Waals surface area contributed by atoms with Crippen molar-refractivity contribution < 1.29 is 9.21 Å². The van der Waals surface area contributed by atoms with Crippen LogP contribution < -0.4 is 5.32 Å². The Bertz CT molecular complexity index is 888. The molecule has 7 heteroatoms. The van der Waals surface area contributed by atoms with Crippen molar-refractivity contribution in [2.75, 3.05) is 18.4 Å². The van der Waals surface area contributed by atoms with Crippen LogP contribution in [0.1, 0.15) is 23.4 Å². The minimum Gasteiger partial charge on any atom is -0.451 e. The van der Waals surface area contributed by atoms with Crippen LogP contribution in [-0.4, -0.2) is 40.1 Å². The lowest BCUT2D eigenvalue weighted by atomic mass is 10.0. The molecule has 128 valence electrons. The van der Waals surface area contributed by atoms with Crippen LogP contribution in [-0.2, 0) is 0 Å². The van der Waals surface area contributed by atoms with Crippen molar-refractivity contribution >= 4 is 34.3 Å². The Balaban J connectivity index is 1.40. The lowest BCUT2D eigenvalue weighted by molar-refractivity contribution is 0.0688. The van der Waals surface area contributed by atoms with E-state index in [2.05, 4.69) is 15.5 Å². The molecule has 0 aliphatic carbocycles. The van der Waals surface area contributed by atoms with Gasteiger partial charge in [0.15, 0.2) is 5.76 Å². The SMILES string of the molecule is O=C(c1cc2cc(Cl)ccc2o1)N1CCC(Nc2cccnn2)CC1. The molecular weight excluding hydrogens is 340 g/mol. The van der Waals surface area contributed by atoms with Crippen molar-refractivity contribution in [3.63, 3.8) is 0 Å². The molecule has 0 atom stereocenters. The van der Waals surface area contributed by atoms with Crippen molar-refractivity contribution in [2.24, 2.45) is 0 Å². The molecule has 1 aliphatic rings. The van der Waals surface area contributed by atoms with E-state index in [1.807, 2.05) is 17.0 Å². The summed E-state index contributed by atoms with van der Waals surface area (Å²) < 4.78 is 5.68. The molecule has 0 radical (unpaired) electrons. The molecule has 6 nitrogen and oxygen atoms in total. The number of carbonyl (C=O) groups excluding carboxylic acids is 1. The van der Waals surface area contributed by atoms with Crippen LogP contribution in [0.25, 0.3) is 11.0 Å². The number of hydrogen-bond donors (Lipinski definition) is 1. The Kier molecular flexibility index (Phi) is 4.28. The van der Waals surface area contributed by atoms with E-state index in [9.17, 15) is 4.79 Å². The van der Waals surface area contributed by atoms with Gasteiger partial charge in [0, 0.05) is 35.7 Å². The minimum atomic E-state index is -0.0784. The summed E-state index contributed by atoms with van der Waals surface area (Å²) in [7, 11) is 0. The maximum absolute atomic E-state index is 12.7. The van der Waals surface area contributed by atoms with Gasteiger partial charge < -0.3 is 14.6 Å². The Labute approximate surface area is 149 Å². The fourth-order valence-corrected chi connectivity index (χ4v) is 3.27. The molecule has 0 bridgehead atoms. The van der Waals surface area contributed by atoms with Crippen LogP contribution in [0.4, 0.5) is 5.82 Å². The van der Waals surface area contributed by atoms with Crippen LogP contribution in [0.3, 0.4) is 0 Å². The highest BCUT2D eigenvalue weighted by Crippen LogP contribution is 2.25. The summed E-state index contributed by atoms with van der Waals surface area (Å²) in [6, 6.07) is 11.1. The van der Waals surface area contributed by atoms with Crippen LogP contribution in [0.5, 0.6) is 0 Å². The number of amides is 1. The standard InChI is InChI=1S/C18H17ClN4O2/c19-13-3-4-15-12(10-13)11-16(25-15)18(24)23-8-5-14(6-9-23)21-17-2-1-7-20-22-17/h1-4,7,10-11,14H,5-6,8-9H2,(H,21,22). The quantitative estimate of drug-likeness (QED) is 0.776. The lowest BCUT2D eigenvalue weighted by Gasteiger charge is -2.32. The van der Waals surface area contributed by atoms with Gasteiger partial charge in [-0.2, -0.15) is 5.10 Å². The van der Waals surface area contributed by atoms with Crippen LogP contribution in [0.15, 0.2) is 47.0 Å². The summed E-state index contributed by atoms with van der Waals surface area (Å²) in [4.78, 5) is 14.5. The largest absolute Gasteiger partial charge is 0.451 e. The predicted molar refractivity (Wildman–Crippen MR) is 95.8 cm³/mol. The Morgan fingerprint density at radius 2 is 2.08 bits per heavy atom. The number of nitrogens with one attached hydrogen (secondary N) is 1. The van der Waals surface area contributed by atoms with Crippen molar-refractivity contribution in [1.82, 2.24) is 15.1 Å². The van der Waals surface area contributed by atoms with Gasteiger partial charge in [-0.15, -0.1) is 5.10 Å². The first-order chi connectivity index (χ1) is 12.2. The van der Waals surface area contributed by atoms with E-state index in [0.29, 0.717) is 29.5 Å². The molecule has 0 saturated carbocycles. The lowest BCUT2D eigenvalue weighted by Crippen LogP contribution is -2.42. The zero-order valence-corrected chi connectivity index (χ0v) is 14.2. The van der Waals surface area contributed by atoms with Crippen LogP contribution >= 0.6 is 11.6 Å². The van der Waals surface area contributed by atoms with E-state index in [4.69, 9.17) is 16.0 Å². The number of benzene rings is 1. The van der Waals surface area contributed by atoms with E-state index in [1.165, 1.54) is 0 Å². The van der Waals surface area contributed by atoms with Crippen molar-refractivity contribution in [1.29, 1.82) is 0 Å². The summed E-state index contributed by atoms with van der Waals surface area (Å²) in [6.45, 7) is 1.35. The predicted octanol–water partition coefficient (Wildman–Crippen LogP) is 3.59. The maximum atomic E-state index is 12.7. The summed E-state index contributed by atoms with van der Waals surface area (Å²) >= 11 is 5.99. The van der Waals surface area contributed by atoms with Crippen molar-refractivity contribution in [3.05, 3.63) is 53.4 Å². The third kappa shape index (κ3) is 3.44. The molecule has 0 unspecified atom stereocenters. The first kappa shape index (κ1) is 15.9. The summed E-state index contributed by atoms with van der Waals surface area (Å²) in [5, 5.41) is 12.7. The molecule has 3 heterocycles. The van der Waals surface area contributed by atoms with Crippen LogP contribution in [0.2, 0.25) is 5.02 Å². The monoisotopic (exact) mass is 356 g/mol. The molecule has 2 aromatic heterocycles. The number of aromatic nitrogens is 2. The molecule has 25 heavy (non-hydrogen) atoms. The molecule has 1 aromatic carbocycles. The fraction of sp³-hybridized carbons (Fsp3) is 0.278. The van der Waals surface area contributed by atoms with Gasteiger partial charge in [-0.05, 0) is 49.2 Å². The highest BCUT2D eigenvalue weighted by atomic mass is 35.5. The molecule has 1 aliphatic heterocycles. The number of piperidine rings is 1. The summed E-state index contributed by atoms with van der Waals surface area (Å²) in [5.74, 6) is 1.05. The molecule has 4 rings (SSSR count). The second-order valence-corrected chi connectivity index (χ2v) is 6.55. The number of likely N-dealkylation sites (tertiary alicyclic amines) is 1. The van der Waals surface area contributed by atoms with Gasteiger partial charge in [0.1, 0.15) is 11.4 Å². The zero-order valence-electron chi connectivity index (χ0n) is 13.5. The molecule has 1 amide bonds. The first-order valence-electron chi connectivity index (χ1n) is 8.22. The molecule has 3 aromatic rings. The van der Waals surface area contributed by atoms with E-state index >= 15 is 0 Å². The van der Waals surface area contributed by atoms with Gasteiger partial charge in [-0.3, -0.25) is 4.79 Å². The molecule has 1 saturated heterocycles. The third-order valence-corrected chi connectivity index (χ3v) is 4.63. The van der Waals surface area contributed by atoms with Gasteiger partial charge in [0.05, 0.1) is 0 Å². The second-order valence-electron chi connectivity index (χ2n) is 6.11. The molecule has 0 spiro atoms. The van der Waals surface area contributed by atoms with Crippen molar-refractivity contribution in [3.8, 4) is 0 Å². The molecule has 1 N–H and O–H groups in total. The number of nitrogens with zero attached hydrogens (tertiary/aromatic N) is 3. The zero-order chi connectivity index (χ0) is 17.2. The number of hydrogen-bond acceptors (Lipinski definition) is 5. The molecular formula is C18H17ClN4O2. The number of furan rings is 1. The normalized spacial score (nSPS) is 15.5. The van der Waals surface area contributed by atoms with Gasteiger partial charge in [-0.1, -0.05) is 11.6 Å². The third-order valence-electron chi connectivity index (χ3n) is 4.40. The number of carbonyl (C=O) groups is 1. The van der Waals surface area contributed by atoms with Gasteiger partial charge in [0.25, 0.3) is 5.91 Å². The van der Waals surface area contributed by atoms with Crippen molar-refractivity contribution in [2.45, 2.75) is 18.9 Å². The van der Waals surface area contributed by atoms with Gasteiger partial charge in [-0.25, -0.2) is 0 Å². The van der Waals surface area contributed by atoms with Gasteiger partial charge in [0.2, 0.25) is 0 Å². The Hall–Kier alpha value is -2.60. The first-order valence-corrected chi connectivity index (χ1v) is 8.59. The van der Waals surface area contributed by atoms with Crippen LogP contribution in [0, 0.1) is 0 Å². The fourth-order valence-electron chi connectivity index (χ4n) is 3.09. The number of anilines is 1. The summed E-state index contributed by atoms with van der Waals surface area (Å²) in [5.41, 5.74) is 0.673. The average molecular weight is 357 g/mol. The number of rotatable bonds is 3. The van der Waals surface area contributed by atoms with E-state index in [-0.39, 0.29) is 11.9 Å². The van der Waals surface area contributed by atoms with E-state index < -0.39 is 0 Å². The topological polar surface area (TPSA) is 71.3 Å². The van der Waals surface area contributed by atoms with Gasteiger partial charge >= 0.3 is 0 Å². The average Bonchev–Trinajstić information content (AvgIpc) is 3.06. The minimum absolute atomic E-state index is 0.0784. The Morgan fingerprint density at radius 3 is 2.84 bits per heavy atom. The van der Waals surface area contributed by atoms with E-state index in [0.717, 1.165) is 24.0 Å². The molecule has 1 fully saturated rings. The maximum Gasteiger partial charge on any atom is 0.289 e. The number of halogens is 1. The highest BCUT2D eigenvalue weighted by Gasteiger charge is 2.25. The number of fused-ring (bicyclic) bond motifs is 1. The van der Waals surface area contributed by atoms with E-state index in [1.54, 1.807) is 30.5 Å². The summed E-state index contributed by atoms with van der Waals surface area (Å²) in [6.07, 6.45) is 3.36. The smallest absolute Gasteiger partial charge is 0.289 e.